The second-order valence-electron chi connectivity index (χ2n) is 8.10. The van der Waals surface area contributed by atoms with Crippen LogP contribution in [-0.2, 0) is 0 Å². The lowest BCUT2D eigenvalue weighted by molar-refractivity contribution is 0.898. The molecule has 0 aliphatic carbocycles. The number of thiophene rings is 1. The maximum absolute atomic E-state index is 4.87. The Morgan fingerprint density at radius 1 is 0.970 bits per heavy atom. The zero-order chi connectivity index (χ0) is 22.4. The SMILES string of the molecule is CC(C)Nc1cncc(-c2cc3c(-c4nc5c(-c6ccsc6)nccc5[nH]4)n[nH]c3cn2)c1. The quantitative estimate of drug-likeness (QED) is 0.318. The number of pyridine rings is 3. The Labute approximate surface area is 193 Å². The third kappa shape index (κ3) is 3.52. The Kier molecular flexibility index (Phi) is 4.62. The summed E-state index contributed by atoms with van der Waals surface area (Å²) >= 11 is 1.64. The monoisotopic (exact) mass is 452 g/mol. The van der Waals surface area contributed by atoms with Gasteiger partial charge in [0, 0.05) is 46.5 Å². The van der Waals surface area contributed by atoms with Crippen LogP contribution in [0.25, 0.3) is 56.0 Å². The normalized spacial score (nSPS) is 11.6. The predicted octanol–water partition coefficient (Wildman–Crippen LogP) is 5.51. The molecule has 3 N–H and O–H groups in total. The first-order chi connectivity index (χ1) is 16.2. The molecule has 9 heteroatoms. The smallest absolute Gasteiger partial charge is 0.159 e. The summed E-state index contributed by atoms with van der Waals surface area (Å²) in [4.78, 5) is 21.8. The lowest BCUT2D eigenvalue weighted by Crippen LogP contribution is -2.09. The number of aromatic amines is 2. The Morgan fingerprint density at radius 3 is 2.76 bits per heavy atom. The number of hydrogen-bond acceptors (Lipinski definition) is 7. The molecule has 0 fully saturated rings. The minimum atomic E-state index is 0.319. The summed E-state index contributed by atoms with van der Waals surface area (Å²) in [6, 6.07) is 8.39. The molecule has 6 heterocycles. The van der Waals surface area contributed by atoms with E-state index in [0.29, 0.717) is 11.9 Å². The zero-order valence-corrected chi connectivity index (χ0v) is 18.8. The third-order valence-electron chi connectivity index (χ3n) is 5.36. The number of H-pyrrole nitrogens is 2. The molecule has 6 rings (SSSR count). The Morgan fingerprint density at radius 2 is 1.91 bits per heavy atom. The van der Waals surface area contributed by atoms with Gasteiger partial charge in [0.1, 0.15) is 11.2 Å². The highest BCUT2D eigenvalue weighted by Crippen LogP contribution is 2.32. The van der Waals surface area contributed by atoms with E-state index in [0.717, 1.165) is 55.8 Å². The molecule has 0 saturated carbocycles. The van der Waals surface area contributed by atoms with E-state index in [1.54, 1.807) is 23.7 Å². The van der Waals surface area contributed by atoms with Gasteiger partial charge in [-0.15, -0.1) is 0 Å². The van der Waals surface area contributed by atoms with Crippen molar-refractivity contribution in [1.29, 1.82) is 0 Å². The summed E-state index contributed by atoms with van der Waals surface area (Å²) in [5, 5.41) is 16.1. The molecule has 0 spiro atoms. The number of anilines is 1. The standard InChI is InChI=1S/C24H20N8S/c1-13(2)28-16-7-15(9-25-10-16)19-8-17-20(11-27-19)31-32-22(17)24-29-18-3-5-26-21(23(18)30-24)14-4-6-33-12-14/h3-13,28H,1-2H3,(H,29,30)(H,31,32). The van der Waals surface area contributed by atoms with Crippen LogP contribution in [0.4, 0.5) is 5.69 Å². The highest BCUT2D eigenvalue weighted by molar-refractivity contribution is 7.08. The van der Waals surface area contributed by atoms with Gasteiger partial charge in [0.05, 0.1) is 34.3 Å². The molecule has 162 valence electrons. The van der Waals surface area contributed by atoms with Crippen molar-refractivity contribution < 1.29 is 0 Å². The molecule has 8 nitrogen and oxygen atoms in total. The second-order valence-corrected chi connectivity index (χ2v) is 8.88. The fraction of sp³-hybridized carbons (Fsp3) is 0.125. The summed E-state index contributed by atoms with van der Waals surface area (Å²) < 4.78 is 0. The maximum Gasteiger partial charge on any atom is 0.159 e. The Bertz CT molecular complexity index is 1580. The fourth-order valence-electron chi connectivity index (χ4n) is 3.91. The van der Waals surface area contributed by atoms with Crippen molar-refractivity contribution in [3.63, 3.8) is 0 Å². The van der Waals surface area contributed by atoms with Gasteiger partial charge in [-0.2, -0.15) is 16.4 Å². The number of fused-ring (bicyclic) bond motifs is 2. The molecule has 0 unspecified atom stereocenters. The highest BCUT2D eigenvalue weighted by Gasteiger charge is 2.17. The maximum atomic E-state index is 4.87. The first-order valence-electron chi connectivity index (χ1n) is 10.6. The van der Waals surface area contributed by atoms with Crippen molar-refractivity contribution in [1.82, 2.24) is 35.1 Å². The summed E-state index contributed by atoms with van der Waals surface area (Å²) in [6.07, 6.45) is 7.23. The molecule has 33 heavy (non-hydrogen) atoms. The van der Waals surface area contributed by atoms with Crippen molar-refractivity contribution in [2.24, 2.45) is 0 Å². The lowest BCUT2D eigenvalue weighted by atomic mass is 10.1. The van der Waals surface area contributed by atoms with Gasteiger partial charge in [-0.25, -0.2) is 4.98 Å². The lowest BCUT2D eigenvalue weighted by Gasteiger charge is -2.10. The average molecular weight is 453 g/mol. The Hall–Kier alpha value is -4.11. The van der Waals surface area contributed by atoms with E-state index < -0.39 is 0 Å². The van der Waals surface area contributed by atoms with E-state index in [1.807, 2.05) is 29.9 Å². The van der Waals surface area contributed by atoms with Crippen LogP contribution in [0, 0.1) is 0 Å². The van der Waals surface area contributed by atoms with Crippen LogP contribution >= 0.6 is 11.3 Å². The molecule has 6 aromatic heterocycles. The van der Waals surface area contributed by atoms with Crippen LogP contribution in [-0.4, -0.2) is 41.2 Å². The van der Waals surface area contributed by atoms with Gasteiger partial charge >= 0.3 is 0 Å². The van der Waals surface area contributed by atoms with Crippen LogP contribution in [0.1, 0.15) is 13.8 Å². The molecular formula is C24H20N8S. The van der Waals surface area contributed by atoms with Crippen molar-refractivity contribution in [2.75, 3.05) is 5.32 Å². The third-order valence-corrected chi connectivity index (χ3v) is 6.04. The number of rotatable bonds is 5. The van der Waals surface area contributed by atoms with E-state index in [-0.39, 0.29) is 0 Å². The molecular weight excluding hydrogens is 432 g/mol. The van der Waals surface area contributed by atoms with Gasteiger partial charge in [-0.05, 0) is 43.5 Å². The highest BCUT2D eigenvalue weighted by atomic mass is 32.1. The van der Waals surface area contributed by atoms with Gasteiger partial charge in [-0.1, -0.05) is 0 Å². The van der Waals surface area contributed by atoms with Gasteiger partial charge in [0.15, 0.2) is 5.82 Å². The van der Waals surface area contributed by atoms with Crippen LogP contribution < -0.4 is 5.32 Å². The van der Waals surface area contributed by atoms with Crippen molar-refractivity contribution in [3.05, 3.63) is 59.8 Å². The molecule has 0 bridgehead atoms. The van der Waals surface area contributed by atoms with Gasteiger partial charge < -0.3 is 10.3 Å². The van der Waals surface area contributed by atoms with Gasteiger partial charge in [0.2, 0.25) is 0 Å². The largest absolute Gasteiger partial charge is 0.382 e. The van der Waals surface area contributed by atoms with Crippen molar-refractivity contribution in [2.45, 2.75) is 19.9 Å². The summed E-state index contributed by atoms with van der Waals surface area (Å²) in [6.45, 7) is 4.20. The first-order valence-corrected chi connectivity index (χ1v) is 11.5. The number of hydrogen-bond donors (Lipinski definition) is 3. The average Bonchev–Trinajstić information content (AvgIpc) is 3.57. The first kappa shape index (κ1) is 19.6. The number of nitrogens with one attached hydrogen (secondary N) is 3. The summed E-state index contributed by atoms with van der Waals surface area (Å²) in [5.74, 6) is 0.686. The predicted molar refractivity (Wildman–Crippen MR) is 132 cm³/mol. The number of imidazole rings is 1. The molecule has 0 aliphatic heterocycles. The molecule has 6 aromatic rings. The Balaban J connectivity index is 1.45. The zero-order valence-electron chi connectivity index (χ0n) is 18.0. The van der Waals surface area contributed by atoms with Crippen LogP contribution in [0.3, 0.4) is 0 Å². The van der Waals surface area contributed by atoms with Gasteiger partial charge in [-0.3, -0.25) is 20.1 Å². The molecule has 0 amide bonds. The van der Waals surface area contributed by atoms with Crippen molar-refractivity contribution >= 4 is 39.0 Å². The fourth-order valence-corrected chi connectivity index (χ4v) is 4.55. The molecule has 0 radical (unpaired) electrons. The van der Waals surface area contributed by atoms with E-state index >= 15 is 0 Å². The number of aromatic nitrogens is 7. The van der Waals surface area contributed by atoms with E-state index in [1.165, 1.54) is 0 Å². The van der Waals surface area contributed by atoms with Crippen molar-refractivity contribution in [3.8, 4) is 34.0 Å². The number of nitrogens with zero attached hydrogens (tertiary/aromatic N) is 5. The topological polar surface area (TPSA) is 108 Å². The van der Waals surface area contributed by atoms with E-state index in [4.69, 9.17) is 4.98 Å². The second kappa shape index (κ2) is 7.79. The molecule has 0 aliphatic rings. The van der Waals surface area contributed by atoms with Gasteiger partial charge in [0.25, 0.3) is 0 Å². The minimum absolute atomic E-state index is 0.319. The van der Waals surface area contributed by atoms with Crippen LogP contribution in [0.5, 0.6) is 0 Å². The summed E-state index contributed by atoms with van der Waals surface area (Å²) in [5.41, 5.74) is 7.97. The molecule has 0 saturated heterocycles. The molecule has 0 atom stereocenters. The molecule has 0 aromatic carbocycles. The van der Waals surface area contributed by atoms with E-state index in [2.05, 4.69) is 66.8 Å². The van der Waals surface area contributed by atoms with E-state index in [9.17, 15) is 0 Å². The van der Waals surface area contributed by atoms with Crippen LogP contribution in [0.15, 0.2) is 59.8 Å². The summed E-state index contributed by atoms with van der Waals surface area (Å²) in [7, 11) is 0. The van der Waals surface area contributed by atoms with Crippen LogP contribution in [0.2, 0.25) is 0 Å². The minimum Gasteiger partial charge on any atom is -0.382 e.